The maximum Gasteiger partial charge on any atom is 0.137 e. The molecule has 1 nitrogen and oxygen atoms in total. The van der Waals surface area contributed by atoms with Gasteiger partial charge in [-0.2, -0.15) is 0 Å². The Kier molecular flexibility index (Phi) is 4.57. The number of nitrogens with one attached hydrogen (secondary N) is 1. The molecule has 0 aliphatic heterocycles. The van der Waals surface area contributed by atoms with E-state index in [4.69, 9.17) is 0 Å². The maximum atomic E-state index is 13.2. The Labute approximate surface area is 111 Å². The summed E-state index contributed by atoms with van der Waals surface area (Å²) in [6, 6.07) is 5.77. The van der Waals surface area contributed by atoms with E-state index < -0.39 is 0 Å². The van der Waals surface area contributed by atoms with Gasteiger partial charge in [-0.25, -0.2) is 4.39 Å². The van der Waals surface area contributed by atoms with Crippen LogP contribution in [-0.2, 0) is 0 Å². The van der Waals surface area contributed by atoms with Crippen LogP contribution >= 0.6 is 15.9 Å². The van der Waals surface area contributed by atoms with Gasteiger partial charge in [0, 0.05) is 6.04 Å². The van der Waals surface area contributed by atoms with Crippen molar-refractivity contribution < 1.29 is 4.39 Å². The Balaban J connectivity index is 2.15. The van der Waals surface area contributed by atoms with Crippen molar-refractivity contribution in [3.05, 3.63) is 34.1 Å². The second-order valence-electron chi connectivity index (χ2n) is 4.80. The first-order chi connectivity index (χ1) is 8.22. The van der Waals surface area contributed by atoms with Crippen LogP contribution in [0, 0.1) is 11.7 Å². The zero-order valence-corrected chi connectivity index (χ0v) is 11.8. The van der Waals surface area contributed by atoms with Crippen molar-refractivity contribution in [2.75, 3.05) is 6.54 Å². The molecule has 0 amide bonds. The Morgan fingerprint density at radius 1 is 1.47 bits per heavy atom. The van der Waals surface area contributed by atoms with Crippen molar-refractivity contribution in [1.29, 1.82) is 0 Å². The molecule has 1 aromatic rings. The molecule has 1 fully saturated rings. The van der Waals surface area contributed by atoms with E-state index >= 15 is 0 Å². The topological polar surface area (TPSA) is 12.0 Å². The highest BCUT2D eigenvalue weighted by Crippen LogP contribution is 2.38. The Morgan fingerprint density at radius 3 is 2.76 bits per heavy atom. The normalized spacial score (nSPS) is 17.8. The van der Waals surface area contributed by atoms with Gasteiger partial charge in [-0.3, -0.25) is 0 Å². The zero-order valence-electron chi connectivity index (χ0n) is 10.2. The number of halogens is 2. The quantitative estimate of drug-likeness (QED) is 0.848. The average Bonchev–Trinajstić information content (AvgIpc) is 2.25. The summed E-state index contributed by atoms with van der Waals surface area (Å²) in [5.74, 6) is 0.538. The van der Waals surface area contributed by atoms with Crippen molar-refractivity contribution in [2.45, 2.75) is 38.6 Å². The predicted octanol–water partition coefficient (Wildman–Crippen LogP) is 4.43. The van der Waals surface area contributed by atoms with Crippen molar-refractivity contribution in [1.82, 2.24) is 5.32 Å². The largest absolute Gasteiger partial charge is 0.310 e. The van der Waals surface area contributed by atoms with Crippen LogP contribution in [0.4, 0.5) is 4.39 Å². The van der Waals surface area contributed by atoms with Gasteiger partial charge in [0.05, 0.1) is 4.47 Å². The highest BCUT2D eigenvalue weighted by atomic mass is 79.9. The Bertz CT molecular complexity index is 376. The second-order valence-corrected chi connectivity index (χ2v) is 5.65. The molecular formula is C14H19BrFN. The second kappa shape index (κ2) is 5.96. The third-order valence-electron chi connectivity index (χ3n) is 3.54. The maximum absolute atomic E-state index is 13.2. The van der Waals surface area contributed by atoms with Crippen LogP contribution in [0.5, 0.6) is 0 Å². The van der Waals surface area contributed by atoms with Gasteiger partial charge in [-0.05, 0) is 65.4 Å². The van der Waals surface area contributed by atoms with Crippen LogP contribution in [0.1, 0.15) is 44.2 Å². The summed E-state index contributed by atoms with van der Waals surface area (Å²) >= 11 is 3.27. The van der Waals surface area contributed by atoms with Crippen LogP contribution in [0.15, 0.2) is 22.7 Å². The summed E-state index contributed by atoms with van der Waals surface area (Å²) in [6.07, 6.45) is 5.04. The van der Waals surface area contributed by atoms with Crippen LogP contribution in [0.25, 0.3) is 0 Å². The molecule has 0 bridgehead atoms. The van der Waals surface area contributed by atoms with E-state index in [1.807, 2.05) is 12.1 Å². The first kappa shape index (κ1) is 13.0. The summed E-state index contributed by atoms with van der Waals surface area (Å²) < 4.78 is 13.8. The van der Waals surface area contributed by atoms with Crippen LogP contribution in [-0.4, -0.2) is 6.54 Å². The monoisotopic (exact) mass is 299 g/mol. The molecule has 0 heterocycles. The van der Waals surface area contributed by atoms with Crippen LogP contribution in [0.3, 0.4) is 0 Å². The first-order valence-electron chi connectivity index (χ1n) is 6.40. The standard InChI is InChI=1S/C14H19BrFN/c1-2-8-17-14(10-4-3-5-10)11-6-7-13(16)12(15)9-11/h6-7,9-10,14,17H,2-5,8H2,1H3. The summed E-state index contributed by atoms with van der Waals surface area (Å²) in [5, 5.41) is 3.59. The molecule has 1 unspecified atom stereocenters. The third-order valence-corrected chi connectivity index (χ3v) is 4.15. The third kappa shape index (κ3) is 3.08. The van der Waals surface area contributed by atoms with Gasteiger partial charge in [-0.1, -0.05) is 19.4 Å². The minimum Gasteiger partial charge on any atom is -0.310 e. The molecule has 1 N–H and O–H groups in total. The van der Waals surface area contributed by atoms with Crippen molar-refractivity contribution in [2.24, 2.45) is 5.92 Å². The lowest BCUT2D eigenvalue weighted by molar-refractivity contribution is 0.231. The number of benzene rings is 1. The highest BCUT2D eigenvalue weighted by Gasteiger charge is 2.28. The van der Waals surface area contributed by atoms with E-state index in [1.54, 1.807) is 6.07 Å². The molecule has 2 rings (SSSR count). The van der Waals surface area contributed by atoms with Gasteiger partial charge >= 0.3 is 0 Å². The minimum atomic E-state index is -0.184. The van der Waals surface area contributed by atoms with E-state index in [-0.39, 0.29) is 5.82 Å². The van der Waals surface area contributed by atoms with Gasteiger partial charge in [0.1, 0.15) is 5.82 Å². The van der Waals surface area contributed by atoms with Crippen LogP contribution in [0.2, 0.25) is 0 Å². The summed E-state index contributed by atoms with van der Waals surface area (Å²) in [6.45, 7) is 3.20. The lowest BCUT2D eigenvalue weighted by atomic mass is 9.77. The average molecular weight is 300 g/mol. The van der Waals surface area contributed by atoms with Crippen molar-refractivity contribution in [3.63, 3.8) is 0 Å². The molecule has 1 saturated carbocycles. The van der Waals surface area contributed by atoms with E-state index in [2.05, 4.69) is 28.2 Å². The zero-order chi connectivity index (χ0) is 12.3. The fourth-order valence-electron chi connectivity index (χ4n) is 2.34. The molecular weight excluding hydrogens is 281 g/mol. The van der Waals surface area contributed by atoms with Crippen molar-refractivity contribution >= 4 is 15.9 Å². The molecule has 1 aromatic carbocycles. The van der Waals surface area contributed by atoms with E-state index in [0.717, 1.165) is 18.9 Å². The predicted molar refractivity (Wildman–Crippen MR) is 72.5 cm³/mol. The van der Waals surface area contributed by atoms with Gasteiger partial charge in [0.2, 0.25) is 0 Å². The summed E-state index contributed by atoms with van der Waals surface area (Å²) in [7, 11) is 0. The lowest BCUT2D eigenvalue weighted by Crippen LogP contribution is -2.32. The number of hydrogen-bond acceptors (Lipinski definition) is 1. The summed E-state index contributed by atoms with van der Waals surface area (Å²) in [5.41, 5.74) is 1.21. The smallest absolute Gasteiger partial charge is 0.137 e. The Morgan fingerprint density at radius 2 is 2.24 bits per heavy atom. The van der Waals surface area contributed by atoms with Gasteiger partial charge in [0.15, 0.2) is 0 Å². The minimum absolute atomic E-state index is 0.184. The molecule has 3 heteroatoms. The molecule has 1 aliphatic rings. The first-order valence-corrected chi connectivity index (χ1v) is 7.20. The molecule has 0 spiro atoms. The SMILES string of the molecule is CCCNC(c1ccc(F)c(Br)c1)C1CCC1. The molecule has 0 radical (unpaired) electrons. The van der Waals surface area contributed by atoms with E-state index in [9.17, 15) is 4.39 Å². The number of hydrogen-bond donors (Lipinski definition) is 1. The molecule has 0 aromatic heterocycles. The fourth-order valence-corrected chi connectivity index (χ4v) is 2.73. The molecule has 1 aliphatic carbocycles. The fraction of sp³-hybridized carbons (Fsp3) is 0.571. The van der Waals surface area contributed by atoms with Gasteiger partial charge in [0.25, 0.3) is 0 Å². The van der Waals surface area contributed by atoms with Crippen molar-refractivity contribution in [3.8, 4) is 0 Å². The van der Waals surface area contributed by atoms with E-state index in [1.165, 1.54) is 24.8 Å². The van der Waals surface area contributed by atoms with Gasteiger partial charge in [-0.15, -0.1) is 0 Å². The Hall–Kier alpha value is -0.410. The van der Waals surface area contributed by atoms with Gasteiger partial charge < -0.3 is 5.32 Å². The molecule has 1 atom stereocenters. The van der Waals surface area contributed by atoms with Crippen LogP contribution < -0.4 is 5.32 Å². The number of rotatable bonds is 5. The highest BCUT2D eigenvalue weighted by molar-refractivity contribution is 9.10. The molecule has 94 valence electrons. The molecule has 0 saturated heterocycles. The van der Waals surface area contributed by atoms with E-state index in [0.29, 0.717) is 10.5 Å². The molecule has 17 heavy (non-hydrogen) atoms. The summed E-state index contributed by atoms with van der Waals surface area (Å²) in [4.78, 5) is 0. The lowest BCUT2D eigenvalue weighted by Gasteiger charge is -2.35.